The molecular formula is C19H41NO2. The second-order valence-corrected chi connectivity index (χ2v) is 7.36. The van der Waals surface area contributed by atoms with Gasteiger partial charge in [0.15, 0.2) is 0 Å². The van der Waals surface area contributed by atoms with Crippen LogP contribution in [0.5, 0.6) is 0 Å². The zero-order valence-electron chi connectivity index (χ0n) is 16.8. The van der Waals surface area contributed by atoms with Crippen molar-refractivity contribution in [1.29, 1.82) is 0 Å². The summed E-state index contributed by atoms with van der Waals surface area (Å²) in [7, 11) is 0. The van der Waals surface area contributed by atoms with Gasteiger partial charge in [-0.25, -0.2) is 4.79 Å². The molecule has 0 aromatic carbocycles. The van der Waals surface area contributed by atoms with E-state index in [0.717, 1.165) is 18.9 Å². The van der Waals surface area contributed by atoms with Crippen molar-refractivity contribution in [3.8, 4) is 0 Å². The lowest BCUT2D eigenvalue weighted by molar-refractivity contribution is 0.0225. The standard InChI is InChI=1S/C11H21NO2.C6H14.C2H6/c1-8-6-7-12(9(8)2)10(13)14-11(3,4)5;1-4-5-6(2)3;1-2/h8-9H,6-7H2,1-5H3;6H,4-5H2,1-3H3;1-2H3. The second-order valence-electron chi connectivity index (χ2n) is 7.36. The number of carbonyl (C=O) groups excluding carboxylic acids is 1. The predicted octanol–water partition coefficient (Wildman–Crippen LogP) is 6.12. The molecule has 2 unspecified atom stereocenters. The number of likely N-dealkylation sites (tertiary alicyclic amines) is 1. The van der Waals surface area contributed by atoms with Gasteiger partial charge in [-0.15, -0.1) is 0 Å². The van der Waals surface area contributed by atoms with Gasteiger partial charge in [0, 0.05) is 12.6 Å². The van der Waals surface area contributed by atoms with Gasteiger partial charge in [-0.2, -0.15) is 0 Å². The molecule has 0 aromatic rings. The minimum Gasteiger partial charge on any atom is -0.444 e. The number of amides is 1. The zero-order chi connectivity index (χ0) is 17.9. The lowest BCUT2D eigenvalue weighted by atomic mass is 10.1. The van der Waals surface area contributed by atoms with E-state index >= 15 is 0 Å². The van der Waals surface area contributed by atoms with Crippen LogP contribution in [0, 0.1) is 11.8 Å². The van der Waals surface area contributed by atoms with E-state index in [4.69, 9.17) is 4.74 Å². The Hall–Kier alpha value is -0.730. The number of carbonyl (C=O) groups is 1. The van der Waals surface area contributed by atoms with Gasteiger partial charge in [-0.3, -0.25) is 0 Å². The Kier molecular flexibility index (Phi) is 12.6. The first-order valence-corrected chi connectivity index (χ1v) is 9.08. The summed E-state index contributed by atoms with van der Waals surface area (Å²) < 4.78 is 5.33. The molecular weight excluding hydrogens is 274 g/mol. The van der Waals surface area contributed by atoms with E-state index in [-0.39, 0.29) is 11.7 Å². The number of hydrogen-bond donors (Lipinski definition) is 0. The monoisotopic (exact) mass is 315 g/mol. The van der Waals surface area contributed by atoms with Gasteiger partial charge in [0.25, 0.3) is 0 Å². The van der Waals surface area contributed by atoms with Gasteiger partial charge in [0.1, 0.15) is 5.60 Å². The minimum absolute atomic E-state index is 0.172. The van der Waals surface area contributed by atoms with Crippen LogP contribution in [-0.2, 0) is 4.74 Å². The molecule has 1 aliphatic heterocycles. The van der Waals surface area contributed by atoms with E-state index in [1.165, 1.54) is 12.8 Å². The molecule has 0 bridgehead atoms. The molecule has 2 atom stereocenters. The molecule has 1 heterocycles. The Morgan fingerprint density at radius 2 is 1.73 bits per heavy atom. The number of rotatable bonds is 2. The number of hydrogen-bond acceptors (Lipinski definition) is 2. The van der Waals surface area contributed by atoms with Crippen molar-refractivity contribution in [1.82, 2.24) is 4.90 Å². The van der Waals surface area contributed by atoms with E-state index in [0.29, 0.717) is 12.0 Å². The molecule has 0 aliphatic carbocycles. The van der Waals surface area contributed by atoms with Gasteiger partial charge in [0.05, 0.1) is 0 Å². The molecule has 0 aromatic heterocycles. The Morgan fingerprint density at radius 1 is 1.23 bits per heavy atom. The molecule has 0 saturated carbocycles. The molecule has 1 rings (SSSR count). The summed E-state index contributed by atoms with van der Waals surface area (Å²) >= 11 is 0. The van der Waals surface area contributed by atoms with Gasteiger partial charge >= 0.3 is 6.09 Å². The van der Waals surface area contributed by atoms with Crippen molar-refractivity contribution in [2.75, 3.05) is 6.54 Å². The van der Waals surface area contributed by atoms with Crippen LogP contribution >= 0.6 is 0 Å². The Morgan fingerprint density at radius 3 is 1.95 bits per heavy atom. The first-order chi connectivity index (χ1) is 10.1. The highest BCUT2D eigenvalue weighted by Crippen LogP contribution is 2.25. The van der Waals surface area contributed by atoms with Crippen LogP contribution in [0.1, 0.15) is 88.5 Å². The van der Waals surface area contributed by atoms with Gasteiger partial charge in [-0.05, 0) is 46.0 Å². The quantitative estimate of drug-likeness (QED) is 0.614. The summed E-state index contributed by atoms with van der Waals surface area (Å²) in [6, 6.07) is 0.310. The predicted molar refractivity (Wildman–Crippen MR) is 97.3 cm³/mol. The molecule has 1 aliphatic rings. The van der Waals surface area contributed by atoms with E-state index in [2.05, 4.69) is 34.6 Å². The lowest BCUT2D eigenvalue weighted by Crippen LogP contribution is -2.39. The van der Waals surface area contributed by atoms with Gasteiger partial charge < -0.3 is 9.64 Å². The molecule has 0 radical (unpaired) electrons. The van der Waals surface area contributed by atoms with Crippen LogP contribution in [0.4, 0.5) is 4.79 Å². The minimum atomic E-state index is -0.386. The molecule has 1 amide bonds. The first kappa shape index (κ1) is 23.5. The van der Waals surface area contributed by atoms with Gasteiger partial charge in [0.2, 0.25) is 0 Å². The smallest absolute Gasteiger partial charge is 0.410 e. The highest BCUT2D eigenvalue weighted by atomic mass is 16.6. The summed E-state index contributed by atoms with van der Waals surface area (Å²) in [5, 5.41) is 0. The molecule has 1 fully saturated rings. The zero-order valence-corrected chi connectivity index (χ0v) is 16.8. The fraction of sp³-hybridized carbons (Fsp3) is 0.947. The van der Waals surface area contributed by atoms with E-state index in [1.807, 2.05) is 39.5 Å². The summed E-state index contributed by atoms with van der Waals surface area (Å²) in [4.78, 5) is 13.5. The highest BCUT2D eigenvalue weighted by molar-refractivity contribution is 5.68. The summed E-state index contributed by atoms with van der Waals surface area (Å²) in [6.07, 6.45) is 3.62. The number of nitrogens with zero attached hydrogens (tertiary/aromatic N) is 1. The van der Waals surface area contributed by atoms with Crippen LogP contribution in [0.2, 0.25) is 0 Å². The molecule has 0 spiro atoms. The SMILES string of the molecule is CC.CC1CCN(C(=O)OC(C)(C)C)C1C.CCCC(C)C. The molecule has 22 heavy (non-hydrogen) atoms. The van der Waals surface area contributed by atoms with Crippen molar-refractivity contribution in [3.05, 3.63) is 0 Å². The fourth-order valence-electron chi connectivity index (χ4n) is 2.25. The highest BCUT2D eigenvalue weighted by Gasteiger charge is 2.33. The van der Waals surface area contributed by atoms with E-state index in [1.54, 1.807) is 0 Å². The molecule has 1 saturated heterocycles. The Labute approximate surface area is 139 Å². The van der Waals surface area contributed by atoms with Crippen molar-refractivity contribution in [2.45, 2.75) is 100 Å². The molecule has 3 nitrogen and oxygen atoms in total. The lowest BCUT2D eigenvalue weighted by Gasteiger charge is -2.27. The van der Waals surface area contributed by atoms with Crippen LogP contribution < -0.4 is 0 Å². The first-order valence-electron chi connectivity index (χ1n) is 9.08. The third-order valence-electron chi connectivity index (χ3n) is 3.63. The van der Waals surface area contributed by atoms with E-state index < -0.39 is 0 Å². The van der Waals surface area contributed by atoms with Gasteiger partial charge in [-0.1, -0.05) is 54.4 Å². The maximum absolute atomic E-state index is 11.7. The average molecular weight is 316 g/mol. The van der Waals surface area contributed by atoms with Crippen molar-refractivity contribution in [3.63, 3.8) is 0 Å². The second kappa shape index (κ2) is 11.8. The van der Waals surface area contributed by atoms with Crippen molar-refractivity contribution in [2.24, 2.45) is 11.8 Å². The van der Waals surface area contributed by atoms with E-state index in [9.17, 15) is 4.79 Å². The summed E-state index contributed by atoms with van der Waals surface area (Å²) in [6.45, 7) is 21.5. The maximum atomic E-state index is 11.7. The summed E-state index contributed by atoms with van der Waals surface area (Å²) in [5.41, 5.74) is -0.386. The van der Waals surface area contributed by atoms with Crippen molar-refractivity contribution < 1.29 is 9.53 Å². The van der Waals surface area contributed by atoms with Crippen LogP contribution in [0.25, 0.3) is 0 Å². The van der Waals surface area contributed by atoms with Crippen LogP contribution in [-0.4, -0.2) is 29.2 Å². The third kappa shape index (κ3) is 10.9. The number of ether oxygens (including phenoxy) is 1. The molecule has 134 valence electrons. The molecule has 3 heteroatoms. The maximum Gasteiger partial charge on any atom is 0.410 e. The molecule has 0 N–H and O–H groups in total. The fourth-order valence-corrected chi connectivity index (χ4v) is 2.25. The topological polar surface area (TPSA) is 29.5 Å². The Balaban J connectivity index is 0. The average Bonchev–Trinajstić information content (AvgIpc) is 2.71. The normalized spacial score (nSPS) is 20.8. The Bertz CT molecular complexity index is 282. The largest absolute Gasteiger partial charge is 0.444 e. The van der Waals surface area contributed by atoms with Crippen LogP contribution in [0.15, 0.2) is 0 Å². The summed E-state index contributed by atoms with van der Waals surface area (Å²) in [5.74, 6) is 1.48. The third-order valence-corrected chi connectivity index (χ3v) is 3.63. The van der Waals surface area contributed by atoms with Crippen molar-refractivity contribution >= 4 is 6.09 Å². The van der Waals surface area contributed by atoms with Crippen LogP contribution in [0.3, 0.4) is 0 Å².